The minimum atomic E-state index is -0.499. The summed E-state index contributed by atoms with van der Waals surface area (Å²) >= 11 is 0. The van der Waals surface area contributed by atoms with Gasteiger partial charge in [0.15, 0.2) is 0 Å². The van der Waals surface area contributed by atoms with Crippen LogP contribution in [0.25, 0.3) is 10.9 Å². The predicted molar refractivity (Wildman–Crippen MR) is 109 cm³/mol. The summed E-state index contributed by atoms with van der Waals surface area (Å²) in [5.41, 5.74) is 2.39. The Morgan fingerprint density at radius 1 is 1.00 bits per heavy atom. The number of imide groups is 1. The number of hydrogen-bond acceptors (Lipinski definition) is 4. The number of carbonyl (C=O) groups excluding carboxylic acids is 3. The molecule has 146 valence electrons. The van der Waals surface area contributed by atoms with Crippen molar-refractivity contribution >= 4 is 34.3 Å². The number of hydrogen-bond donors (Lipinski definition) is 2. The summed E-state index contributed by atoms with van der Waals surface area (Å²) in [4.78, 5) is 52.9. The lowest BCUT2D eigenvalue weighted by atomic mass is 9.99. The van der Waals surface area contributed by atoms with Gasteiger partial charge in [-0.3, -0.25) is 24.1 Å². The molecule has 7 nitrogen and oxygen atoms in total. The molecule has 1 aliphatic heterocycles. The van der Waals surface area contributed by atoms with Crippen LogP contribution in [0.5, 0.6) is 0 Å². The van der Waals surface area contributed by atoms with Gasteiger partial charge in [-0.25, -0.2) is 0 Å². The first-order chi connectivity index (χ1) is 13.8. The molecule has 2 aromatic carbocycles. The van der Waals surface area contributed by atoms with Gasteiger partial charge in [0.25, 0.3) is 11.8 Å². The molecule has 0 bridgehead atoms. The number of anilines is 1. The van der Waals surface area contributed by atoms with Crippen LogP contribution in [-0.2, 0) is 4.79 Å². The third-order valence-corrected chi connectivity index (χ3v) is 4.96. The Hall–Kier alpha value is -3.74. The summed E-state index contributed by atoms with van der Waals surface area (Å²) in [7, 11) is 0. The first-order valence-electron chi connectivity index (χ1n) is 9.27. The van der Waals surface area contributed by atoms with Gasteiger partial charge >= 0.3 is 0 Å². The largest absolute Gasteiger partial charge is 0.324 e. The maximum Gasteiger partial charge on any atom is 0.262 e. The number of rotatable bonds is 4. The van der Waals surface area contributed by atoms with Crippen LogP contribution in [0.3, 0.4) is 0 Å². The van der Waals surface area contributed by atoms with Gasteiger partial charge in [-0.05, 0) is 35.7 Å². The van der Waals surface area contributed by atoms with Crippen molar-refractivity contribution in [3.63, 3.8) is 0 Å². The van der Waals surface area contributed by atoms with E-state index in [4.69, 9.17) is 0 Å². The Kier molecular flexibility index (Phi) is 4.50. The van der Waals surface area contributed by atoms with Crippen LogP contribution >= 0.6 is 0 Å². The van der Waals surface area contributed by atoms with Crippen molar-refractivity contribution in [2.75, 3.05) is 11.9 Å². The first-order valence-corrected chi connectivity index (χ1v) is 9.27. The zero-order valence-electron chi connectivity index (χ0n) is 16.0. The standard InChI is InChI=1S/C22H19N3O4/c1-12(2)17-10-19(26)24-18-9-13(7-8-14(17)18)23-20(27)11-25-21(28)15-5-3-4-6-16(15)22(25)29/h3-10,12H,11H2,1-2H3,(H,23,27)(H,24,26). The second-order valence-electron chi connectivity index (χ2n) is 7.29. The number of carbonyl (C=O) groups is 3. The second kappa shape index (κ2) is 7.01. The molecule has 0 saturated heterocycles. The summed E-state index contributed by atoms with van der Waals surface area (Å²) in [6, 6.07) is 13.3. The SMILES string of the molecule is CC(C)c1cc(=O)[nH]c2cc(NC(=O)CN3C(=O)c4ccccc4C3=O)ccc12. The molecule has 0 fully saturated rings. The van der Waals surface area contributed by atoms with E-state index in [1.807, 2.05) is 19.9 Å². The van der Waals surface area contributed by atoms with E-state index in [-0.39, 0.29) is 18.0 Å². The summed E-state index contributed by atoms with van der Waals surface area (Å²) in [5, 5.41) is 3.59. The smallest absolute Gasteiger partial charge is 0.262 e. The third kappa shape index (κ3) is 3.31. The fourth-order valence-corrected chi connectivity index (χ4v) is 3.57. The number of aromatic nitrogens is 1. The average Bonchev–Trinajstić information content (AvgIpc) is 2.92. The summed E-state index contributed by atoms with van der Waals surface area (Å²) in [6.45, 7) is 3.63. The van der Waals surface area contributed by atoms with Crippen LogP contribution in [0.2, 0.25) is 0 Å². The second-order valence-corrected chi connectivity index (χ2v) is 7.29. The fourth-order valence-electron chi connectivity index (χ4n) is 3.57. The van der Waals surface area contributed by atoms with Crippen LogP contribution in [0.15, 0.2) is 53.3 Å². The van der Waals surface area contributed by atoms with Crippen molar-refractivity contribution in [1.82, 2.24) is 9.88 Å². The van der Waals surface area contributed by atoms with Gasteiger partial charge in [-0.2, -0.15) is 0 Å². The molecular weight excluding hydrogens is 370 g/mol. The van der Waals surface area contributed by atoms with Crippen LogP contribution in [0, 0.1) is 0 Å². The number of amides is 3. The van der Waals surface area contributed by atoms with E-state index in [9.17, 15) is 19.2 Å². The molecule has 3 amide bonds. The van der Waals surface area contributed by atoms with Crippen molar-refractivity contribution in [3.05, 3.63) is 75.6 Å². The average molecular weight is 389 g/mol. The van der Waals surface area contributed by atoms with Gasteiger partial charge < -0.3 is 10.3 Å². The highest BCUT2D eigenvalue weighted by atomic mass is 16.2. The summed E-state index contributed by atoms with van der Waals surface area (Å²) in [5.74, 6) is -1.29. The molecule has 0 radical (unpaired) electrons. The van der Waals surface area contributed by atoms with Crippen LogP contribution < -0.4 is 10.9 Å². The Balaban J connectivity index is 1.55. The van der Waals surface area contributed by atoms with Gasteiger partial charge in [0.05, 0.1) is 16.6 Å². The maximum absolute atomic E-state index is 12.5. The summed E-state index contributed by atoms with van der Waals surface area (Å²) in [6.07, 6.45) is 0. The minimum Gasteiger partial charge on any atom is -0.324 e. The molecule has 0 unspecified atom stereocenters. The number of benzene rings is 2. The van der Waals surface area contributed by atoms with E-state index in [0.29, 0.717) is 22.3 Å². The third-order valence-electron chi connectivity index (χ3n) is 4.96. The molecule has 4 rings (SSSR count). The highest BCUT2D eigenvalue weighted by molar-refractivity contribution is 6.22. The number of nitrogens with zero attached hydrogens (tertiary/aromatic N) is 1. The molecule has 1 aromatic heterocycles. The predicted octanol–water partition coefficient (Wildman–Crippen LogP) is 2.89. The molecule has 0 saturated carbocycles. The summed E-state index contributed by atoms with van der Waals surface area (Å²) < 4.78 is 0. The Labute approximate surface area is 166 Å². The van der Waals surface area contributed by atoms with Crippen molar-refractivity contribution in [2.24, 2.45) is 0 Å². The molecule has 0 aliphatic carbocycles. The molecule has 1 aliphatic rings. The van der Waals surface area contributed by atoms with Gasteiger partial charge in [0.2, 0.25) is 11.5 Å². The zero-order valence-corrected chi connectivity index (χ0v) is 16.0. The highest BCUT2D eigenvalue weighted by Gasteiger charge is 2.36. The van der Waals surface area contributed by atoms with E-state index < -0.39 is 17.7 Å². The lowest BCUT2D eigenvalue weighted by Crippen LogP contribution is -2.37. The van der Waals surface area contributed by atoms with Crippen molar-refractivity contribution < 1.29 is 14.4 Å². The van der Waals surface area contributed by atoms with Crippen LogP contribution in [0.4, 0.5) is 5.69 Å². The van der Waals surface area contributed by atoms with Gasteiger partial charge in [0, 0.05) is 17.1 Å². The van der Waals surface area contributed by atoms with Crippen molar-refractivity contribution in [3.8, 4) is 0 Å². The minimum absolute atomic E-state index is 0.175. The van der Waals surface area contributed by atoms with Crippen molar-refractivity contribution in [2.45, 2.75) is 19.8 Å². The van der Waals surface area contributed by atoms with E-state index >= 15 is 0 Å². The van der Waals surface area contributed by atoms with Gasteiger partial charge in [0.1, 0.15) is 6.54 Å². The number of H-pyrrole nitrogens is 1. The molecular formula is C22H19N3O4. The topological polar surface area (TPSA) is 99.3 Å². The normalized spacial score (nSPS) is 13.3. The maximum atomic E-state index is 12.5. The van der Waals surface area contributed by atoms with E-state index in [2.05, 4.69) is 10.3 Å². The fraction of sp³-hybridized carbons (Fsp3) is 0.182. The Morgan fingerprint density at radius 3 is 2.28 bits per heavy atom. The lowest BCUT2D eigenvalue weighted by molar-refractivity contribution is -0.116. The van der Waals surface area contributed by atoms with Gasteiger partial charge in [-0.1, -0.05) is 32.0 Å². The van der Waals surface area contributed by atoms with Gasteiger partial charge in [-0.15, -0.1) is 0 Å². The molecule has 7 heteroatoms. The monoisotopic (exact) mass is 389 g/mol. The number of aromatic amines is 1. The van der Waals surface area contributed by atoms with E-state index in [0.717, 1.165) is 15.8 Å². The van der Waals surface area contributed by atoms with E-state index in [1.54, 1.807) is 42.5 Å². The molecule has 0 spiro atoms. The lowest BCUT2D eigenvalue weighted by Gasteiger charge is -2.14. The van der Waals surface area contributed by atoms with Crippen LogP contribution in [0.1, 0.15) is 46.0 Å². The highest BCUT2D eigenvalue weighted by Crippen LogP contribution is 2.25. The number of fused-ring (bicyclic) bond motifs is 2. The number of pyridine rings is 1. The van der Waals surface area contributed by atoms with Crippen LogP contribution in [-0.4, -0.2) is 34.2 Å². The first kappa shape index (κ1) is 18.6. The van der Waals surface area contributed by atoms with Crippen molar-refractivity contribution in [1.29, 1.82) is 0 Å². The quantitative estimate of drug-likeness (QED) is 0.670. The van der Waals surface area contributed by atoms with E-state index in [1.165, 1.54) is 0 Å². The molecule has 0 atom stereocenters. The molecule has 3 aromatic rings. The Morgan fingerprint density at radius 2 is 1.66 bits per heavy atom. The Bertz CT molecular complexity index is 1190. The molecule has 2 heterocycles. The zero-order chi connectivity index (χ0) is 20.7. The number of nitrogens with one attached hydrogen (secondary N) is 2. The molecule has 29 heavy (non-hydrogen) atoms. The molecule has 2 N–H and O–H groups in total.